The minimum Gasteiger partial charge on any atom is -0.390 e. The average Bonchev–Trinajstić information content (AvgIpc) is 2.64. The topological polar surface area (TPSA) is 25.2 Å². The van der Waals surface area contributed by atoms with Gasteiger partial charge in [-0.15, -0.1) is 0 Å². The van der Waals surface area contributed by atoms with Gasteiger partial charge >= 0.3 is 6.18 Å². The second-order valence-electron chi connectivity index (χ2n) is 5.63. The fraction of sp³-hybridized carbons (Fsp3) is 0.467. The van der Waals surface area contributed by atoms with Crippen LogP contribution >= 0.6 is 0 Å². The summed E-state index contributed by atoms with van der Waals surface area (Å²) in [5.41, 5.74) is -0.601. The average molecular weight is 285 g/mol. The molecule has 0 saturated carbocycles. The zero-order valence-corrected chi connectivity index (χ0v) is 11.8. The molecule has 2 aromatic rings. The summed E-state index contributed by atoms with van der Waals surface area (Å²) in [4.78, 5) is 0. The van der Waals surface area contributed by atoms with Gasteiger partial charge in [0.15, 0.2) is 0 Å². The van der Waals surface area contributed by atoms with Crippen molar-refractivity contribution >= 4 is 10.9 Å². The van der Waals surface area contributed by atoms with Crippen LogP contribution in [-0.4, -0.2) is 15.3 Å². The molecule has 1 aromatic heterocycles. The smallest absolute Gasteiger partial charge is 0.390 e. The number of benzene rings is 1. The number of hydrogen-bond acceptors (Lipinski definition) is 1. The van der Waals surface area contributed by atoms with Gasteiger partial charge in [0, 0.05) is 30.1 Å². The van der Waals surface area contributed by atoms with Crippen molar-refractivity contribution in [3.8, 4) is 0 Å². The number of rotatable bonds is 3. The van der Waals surface area contributed by atoms with Crippen molar-refractivity contribution in [1.82, 2.24) is 4.57 Å². The van der Waals surface area contributed by atoms with E-state index >= 15 is 0 Å². The summed E-state index contributed by atoms with van der Waals surface area (Å²) in [6.45, 7) is 5.66. The van der Waals surface area contributed by atoms with E-state index in [4.69, 9.17) is 0 Å². The lowest BCUT2D eigenvalue weighted by molar-refractivity contribution is -0.136. The Kier molecular flexibility index (Phi) is 3.58. The molecule has 1 N–H and O–H groups in total. The number of aryl methyl sites for hydroxylation is 1. The molecule has 0 unspecified atom stereocenters. The number of aliphatic hydroxyl groups is 1. The molecule has 2 rings (SSSR count). The second-order valence-corrected chi connectivity index (χ2v) is 5.63. The van der Waals surface area contributed by atoms with Crippen LogP contribution in [0.4, 0.5) is 13.2 Å². The van der Waals surface area contributed by atoms with Crippen LogP contribution in [0.2, 0.25) is 0 Å². The molecular formula is C15H18F3NO. The molecule has 0 amide bonds. The van der Waals surface area contributed by atoms with E-state index in [-0.39, 0.29) is 11.8 Å². The first-order valence-electron chi connectivity index (χ1n) is 6.54. The van der Waals surface area contributed by atoms with Crippen molar-refractivity contribution in [3.05, 3.63) is 35.5 Å². The van der Waals surface area contributed by atoms with Gasteiger partial charge in [-0.2, -0.15) is 13.2 Å². The fourth-order valence-corrected chi connectivity index (χ4v) is 2.54. The highest BCUT2D eigenvalue weighted by atomic mass is 19.4. The lowest BCUT2D eigenvalue weighted by Crippen LogP contribution is -2.22. The molecule has 0 atom stereocenters. The van der Waals surface area contributed by atoms with Crippen LogP contribution in [-0.2, 0) is 19.1 Å². The maximum atomic E-state index is 13.2. The maximum Gasteiger partial charge on any atom is 0.417 e. The lowest BCUT2D eigenvalue weighted by atomic mass is 9.96. The number of hydrogen-bond donors (Lipinski definition) is 1. The van der Waals surface area contributed by atoms with E-state index in [2.05, 4.69) is 0 Å². The highest BCUT2D eigenvalue weighted by Crippen LogP contribution is 2.38. The standard InChI is InChI=1S/C15H18F3NO/c1-4-19-9-10(8-14(2,3)20)13-11(15(16,17)18)6-5-7-12(13)19/h5-7,9,20H,4,8H2,1-3H3. The summed E-state index contributed by atoms with van der Waals surface area (Å²) in [5.74, 6) is 0. The SMILES string of the molecule is CCn1cc(CC(C)(C)O)c2c(C(F)(F)F)cccc21. The molecule has 5 heteroatoms. The van der Waals surface area contributed by atoms with Crippen LogP contribution in [0.3, 0.4) is 0 Å². The van der Waals surface area contributed by atoms with Crippen LogP contribution in [0.1, 0.15) is 31.9 Å². The second kappa shape index (κ2) is 4.81. The van der Waals surface area contributed by atoms with E-state index in [9.17, 15) is 18.3 Å². The van der Waals surface area contributed by atoms with Crippen LogP contribution in [0.25, 0.3) is 10.9 Å². The van der Waals surface area contributed by atoms with Crippen molar-refractivity contribution < 1.29 is 18.3 Å². The molecule has 110 valence electrons. The van der Waals surface area contributed by atoms with Gasteiger partial charge in [-0.05, 0) is 38.5 Å². The van der Waals surface area contributed by atoms with Gasteiger partial charge < -0.3 is 9.67 Å². The third-order valence-electron chi connectivity index (χ3n) is 3.25. The molecule has 0 fully saturated rings. The molecule has 0 bridgehead atoms. The summed E-state index contributed by atoms with van der Waals surface area (Å²) in [5, 5.41) is 10.1. The summed E-state index contributed by atoms with van der Waals surface area (Å²) >= 11 is 0. The number of nitrogens with zero attached hydrogens (tertiary/aromatic N) is 1. The highest BCUT2D eigenvalue weighted by molar-refractivity contribution is 5.88. The minimum absolute atomic E-state index is 0.184. The Hall–Kier alpha value is -1.49. The molecule has 0 radical (unpaired) electrons. The van der Waals surface area contributed by atoms with Crippen LogP contribution in [0.5, 0.6) is 0 Å². The number of aromatic nitrogens is 1. The van der Waals surface area contributed by atoms with E-state index in [1.807, 2.05) is 6.92 Å². The Morgan fingerprint density at radius 1 is 1.20 bits per heavy atom. The Balaban J connectivity index is 2.74. The van der Waals surface area contributed by atoms with Gasteiger partial charge in [0.05, 0.1) is 11.2 Å². The molecule has 0 aliphatic heterocycles. The molecular weight excluding hydrogens is 267 g/mol. The van der Waals surface area contributed by atoms with Crippen molar-refractivity contribution in [2.24, 2.45) is 0 Å². The van der Waals surface area contributed by atoms with Gasteiger partial charge in [0.1, 0.15) is 0 Å². The highest BCUT2D eigenvalue weighted by Gasteiger charge is 2.34. The Morgan fingerprint density at radius 3 is 2.35 bits per heavy atom. The van der Waals surface area contributed by atoms with Crippen molar-refractivity contribution in [2.45, 2.75) is 45.5 Å². The van der Waals surface area contributed by atoms with Gasteiger partial charge in [0.25, 0.3) is 0 Å². The number of alkyl halides is 3. The Morgan fingerprint density at radius 2 is 1.85 bits per heavy atom. The summed E-state index contributed by atoms with van der Waals surface area (Å²) in [6.07, 6.45) is -2.50. The summed E-state index contributed by atoms with van der Waals surface area (Å²) in [6, 6.07) is 4.20. The Bertz CT molecular complexity index is 620. The van der Waals surface area contributed by atoms with Crippen molar-refractivity contribution in [2.75, 3.05) is 0 Å². The molecule has 1 heterocycles. The predicted molar refractivity (Wildman–Crippen MR) is 72.6 cm³/mol. The Labute approximate surface area is 115 Å². The molecule has 0 aliphatic rings. The third kappa shape index (κ3) is 2.82. The van der Waals surface area contributed by atoms with E-state index in [1.165, 1.54) is 6.07 Å². The van der Waals surface area contributed by atoms with Gasteiger partial charge in [0.2, 0.25) is 0 Å². The van der Waals surface area contributed by atoms with Crippen LogP contribution < -0.4 is 0 Å². The normalized spacial score (nSPS) is 13.2. The number of fused-ring (bicyclic) bond motifs is 1. The molecule has 2 nitrogen and oxygen atoms in total. The summed E-state index contributed by atoms with van der Waals surface area (Å²) < 4.78 is 41.3. The molecule has 1 aromatic carbocycles. The van der Waals surface area contributed by atoms with Crippen LogP contribution in [0, 0.1) is 0 Å². The largest absolute Gasteiger partial charge is 0.417 e. The molecule has 20 heavy (non-hydrogen) atoms. The van der Waals surface area contributed by atoms with Gasteiger partial charge in [-0.25, -0.2) is 0 Å². The summed E-state index contributed by atoms with van der Waals surface area (Å²) in [7, 11) is 0. The zero-order valence-electron chi connectivity index (χ0n) is 11.8. The quantitative estimate of drug-likeness (QED) is 0.906. The first-order chi connectivity index (χ1) is 9.13. The van der Waals surface area contributed by atoms with E-state index < -0.39 is 17.3 Å². The maximum absolute atomic E-state index is 13.2. The molecule has 0 spiro atoms. The minimum atomic E-state index is -4.40. The fourth-order valence-electron chi connectivity index (χ4n) is 2.54. The van der Waals surface area contributed by atoms with Gasteiger partial charge in [-0.3, -0.25) is 0 Å². The van der Waals surface area contributed by atoms with E-state index in [1.54, 1.807) is 30.7 Å². The first-order valence-corrected chi connectivity index (χ1v) is 6.54. The molecule has 0 aliphatic carbocycles. The monoisotopic (exact) mass is 285 g/mol. The van der Waals surface area contributed by atoms with Gasteiger partial charge in [-0.1, -0.05) is 6.07 Å². The van der Waals surface area contributed by atoms with Crippen molar-refractivity contribution in [1.29, 1.82) is 0 Å². The third-order valence-corrected chi connectivity index (χ3v) is 3.25. The number of halogens is 3. The predicted octanol–water partition coefficient (Wildman–Crippen LogP) is 3.99. The zero-order chi connectivity index (χ0) is 15.1. The lowest BCUT2D eigenvalue weighted by Gasteiger charge is -2.17. The van der Waals surface area contributed by atoms with Crippen molar-refractivity contribution in [3.63, 3.8) is 0 Å². The molecule has 0 saturated heterocycles. The van der Waals surface area contributed by atoms with E-state index in [0.29, 0.717) is 17.6 Å². The van der Waals surface area contributed by atoms with Crippen LogP contribution in [0.15, 0.2) is 24.4 Å². The van der Waals surface area contributed by atoms with E-state index in [0.717, 1.165) is 6.07 Å². The first kappa shape index (κ1) is 14.9.